The summed E-state index contributed by atoms with van der Waals surface area (Å²) in [5, 5.41) is 0. The summed E-state index contributed by atoms with van der Waals surface area (Å²) >= 11 is 0. The second-order valence-electron chi connectivity index (χ2n) is 6.84. The van der Waals surface area contributed by atoms with Crippen LogP contribution in [0.5, 0.6) is 0 Å². The van der Waals surface area contributed by atoms with E-state index < -0.39 is 0 Å². The molecule has 4 heterocycles. The van der Waals surface area contributed by atoms with Gasteiger partial charge in [-0.05, 0) is 19.4 Å². The molecular formula is C17H22N6O. The molecule has 126 valence electrons. The van der Waals surface area contributed by atoms with Crippen molar-refractivity contribution in [3.8, 4) is 0 Å². The van der Waals surface area contributed by atoms with E-state index in [1.165, 1.54) is 0 Å². The van der Waals surface area contributed by atoms with Crippen molar-refractivity contribution in [2.45, 2.75) is 25.4 Å². The zero-order valence-electron chi connectivity index (χ0n) is 14.4. The van der Waals surface area contributed by atoms with Gasteiger partial charge in [0.1, 0.15) is 12.1 Å². The molecular weight excluding hydrogens is 304 g/mol. The number of hydrogen-bond acceptors (Lipinski definition) is 7. The highest BCUT2D eigenvalue weighted by Crippen LogP contribution is 2.41. The first-order valence-corrected chi connectivity index (χ1v) is 8.23. The van der Waals surface area contributed by atoms with Gasteiger partial charge in [-0.3, -0.25) is 0 Å². The van der Waals surface area contributed by atoms with E-state index in [9.17, 15) is 0 Å². The van der Waals surface area contributed by atoms with Crippen molar-refractivity contribution in [3.63, 3.8) is 0 Å². The van der Waals surface area contributed by atoms with E-state index in [0.29, 0.717) is 13.2 Å². The van der Waals surface area contributed by atoms with Crippen molar-refractivity contribution in [1.29, 1.82) is 0 Å². The molecule has 0 bridgehead atoms. The molecule has 7 heteroatoms. The van der Waals surface area contributed by atoms with Gasteiger partial charge in [-0.1, -0.05) is 0 Å². The highest BCUT2D eigenvalue weighted by atomic mass is 16.5. The van der Waals surface area contributed by atoms with Gasteiger partial charge in [-0.25, -0.2) is 19.9 Å². The SMILES string of the molecule is Cc1nc(N(C)C)nc2c1COC[C@@]21CCN(c2ccncn2)C1. The molecule has 4 rings (SSSR count). The number of nitrogens with zero attached hydrogens (tertiary/aromatic N) is 6. The smallest absolute Gasteiger partial charge is 0.225 e. The van der Waals surface area contributed by atoms with Crippen molar-refractivity contribution in [2.75, 3.05) is 43.6 Å². The summed E-state index contributed by atoms with van der Waals surface area (Å²) < 4.78 is 5.95. The van der Waals surface area contributed by atoms with Gasteiger partial charge >= 0.3 is 0 Å². The fourth-order valence-corrected chi connectivity index (χ4v) is 3.66. The van der Waals surface area contributed by atoms with Crippen LogP contribution >= 0.6 is 0 Å². The predicted octanol–water partition coefficient (Wildman–Crippen LogP) is 1.32. The summed E-state index contributed by atoms with van der Waals surface area (Å²) in [7, 11) is 3.96. The predicted molar refractivity (Wildman–Crippen MR) is 91.3 cm³/mol. The van der Waals surface area contributed by atoms with E-state index >= 15 is 0 Å². The summed E-state index contributed by atoms with van der Waals surface area (Å²) in [5.41, 5.74) is 3.23. The van der Waals surface area contributed by atoms with E-state index in [1.54, 1.807) is 12.5 Å². The molecule has 0 aromatic carbocycles. The molecule has 1 fully saturated rings. The molecule has 2 aliphatic rings. The minimum absolute atomic E-state index is 0.0863. The summed E-state index contributed by atoms with van der Waals surface area (Å²) in [6.07, 6.45) is 4.39. The van der Waals surface area contributed by atoms with Crippen LogP contribution in [0.1, 0.15) is 23.4 Å². The monoisotopic (exact) mass is 326 g/mol. The number of rotatable bonds is 2. The number of fused-ring (bicyclic) bond motifs is 2. The molecule has 2 aromatic rings. The van der Waals surface area contributed by atoms with Crippen molar-refractivity contribution < 1.29 is 4.74 Å². The normalized spacial score (nSPS) is 22.7. The maximum atomic E-state index is 5.95. The lowest BCUT2D eigenvalue weighted by molar-refractivity contribution is 0.0552. The minimum atomic E-state index is -0.0863. The Morgan fingerprint density at radius 1 is 1.29 bits per heavy atom. The van der Waals surface area contributed by atoms with E-state index in [1.807, 2.05) is 32.0 Å². The molecule has 2 aromatic heterocycles. The molecule has 2 aliphatic heterocycles. The van der Waals surface area contributed by atoms with Crippen molar-refractivity contribution in [3.05, 3.63) is 35.5 Å². The third-order valence-corrected chi connectivity index (χ3v) is 4.97. The van der Waals surface area contributed by atoms with Crippen LogP contribution in [0.4, 0.5) is 11.8 Å². The Morgan fingerprint density at radius 3 is 2.92 bits per heavy atom. The lowest BCUT2D eigenvalue weighted by Crippen LogP contribution is -2.41. The minimum Gasteiger partial charge on any atom is -0.376 e. The second-order valence-corrected chi connectivity index (χ2v) is 6.84. The average Bonchev–Trinajstić information content (AvgIpc) is 3.01. The van der Waals surface area contributed by atoms with Crippen molar-refractivity contribution in [1.82, 2.24) is 19.9 Å². The van der Waals surface area contributed by atoms with Crippen LogP contribution in [0.15, 0.2) is 18.6 Å². The molecule has 24 heavy (non-hydrogen) atoms. The topological polar surface area (TPSA) is 67.3 Å². The van der Waals surface area contributed by atoms with E-state index in [0.717, 1.165) is 48.2 Å². The number of anilines is 2. The summed E-state index contributed by atoms with van der Waals surface area (Å²) in [6.45, 7) is 5.16. The molecule has 0 saturated carbocycles. The average molecular weight is 326 g/mol. The van der Waals surface area contributed by atoms with Crippen LogP contribution < -0.4 is 9.80 Å². The number of hydrogen-bond donors (Lipinski definition) is 0. The van der Waals surface area contributed by atoms with Gasteiger partial charge in [0.2, 0.25) is 5.95 Å². The third kappa shape index (κ3) is 2.39. The largest absolute Gasteiger partial charge is 0.376 e. The Bertz CT molecular complexity index is 750. The lowest BCUT2D eigenvalue weighted by Gasteiger charge is -2.35. The van der Waals surface area contributed by atoms with E-state index in [2.05, 4.69) is 19.9 Å². The van der Waals surface area contributed by atoms with E-state index in [-0.39, 0.29) is 5.41 Å². The van der Waals surface area contributed by atoms with Gasteiger partial charge in [-0.2, -0.15) is 0 Å². The number of aryl methyl sites for hydroxylation is 1. The molecule has 0 N–H and O–H groups in total. The first-order valence-electron chi connectivity index (χ1n) is 8.23. The Balaban J connectivity index is 1.74. The van der Waals surface area contributed by atoms with Gasteiger partial charge < -0.3 is 14.5 Å². The lowest BCUT2D eigenvalue weighted by atomic mass is 9.80. The molecule has 0 aliphatic carbocycles. The molecule has 0 amide bonds. The first kappa shape index (κ1) is 15.3. The van der Waals surface area contributed by atoms with Gasteiger partial charge in [0.25, 0.3) is 0 Å². The number of ether oxygens (including phenoxy) is 1. The van der Waals surface area contributed by atoms with Gasteiger partial charge in [0.15, 0.2) is 0 Å². The van der Waals surface area contributed by atoms with Crippen LogP contribution in [0.2, 0.25) is 0 Å². The van der Waals surface area contributed by atoms with Crippen LogP contribution in [-0.4, -0.2) is 53.7 Å². The van der Waals surface area contributed by atoms with Crippen LogP contribution in [0.3, 0.4) is 0 Å². The maximum Gasteiger partial charge on any atom is 0.225 e. The fraction of sp³-hybridized carbons (Fsp3) is 0.529. The van der Waals surface area contributed by atoms with Gasteiger partial charge in [0.05, 0.1) is 24.3 Å². The van der Waals surface area contributed by atoms with Crippen LogP contribution in [-0.2, 0) is 16.8 Å². The standard InChI is InChI=1S/C17H22N6O/c1-12-13-8-24-10-17(15(13)21-16(20-12)22(2)3)5-7-23(9-17)14-4-6-18-11-19-14/h4,6,11H,5,7-10H2,1-3H3/t17-/m0/s1. The summed E-state index contributed by atoms with van der Waals surface area (Å²) in [4.78, 5) is 22.2. The van der Waals surface area contributed by atoms with Crippen LogP contribution in [0, 0.1) is 6.92 Å². The highest BCUT2D eigenvalue weighted by Gasteiger charge is 2.46. The number of aromatic nitrogens is 4. The molecule has 1 saturated heterocycles. The molecule has 1 spiro atoms. The first-order chi connectivity index (χ1) is 11.6. The Labute approximate surface area is 141 Å². The Morgan fingerprint density at radius 2 is 2.17 bits per heavy atom. The van der Waals surface area contributed by atoms with Crippen molar-refractivity contribution >= 4 is 11.8 Å². The van der Waals surface area contributed by atoms with Crippen molar-refractivity contribution in [2.24, 2.45) is 0 Å². The molecule has 1 atom stereocenters. The zero-order chi connectivity index (χ0) is 16.7. The van der Waals surface area contributed by atoms with Gasteiger partial charge in [0, 0.05) is 44.6 Å². The molecule has 7 nitrogen and oxygen atoms in total. The highest BCUT2D eigenvalue weighted by molar-refractivity contribution is 5.46. The Kier molecular flexibility index (Phi) is 3.60. The fourth-order valence-electron chi connectivity index (χ4n) is 3.66. The van der Waals surface area contributed by atoms with Gasteiger partial charge in [-0.15, -0.1) is 0 Å². The van der Waals surface area contributed by atoms with Crippen LogP contribution in [0.25, 0.3) is 0 Å². The maximum absolute atomic E-state index is 5.95. The molecule has 0 unspecified atom stereocenters. The quantitative estimate of drug-likeness (QED) is 0.824. The summed E-state index contributed by atoms with van der Waals surface area (Å²) in [5.74, 6) is 1.74. The summed E-state index contributed by atoms with van der Waals surface area (Å²) in [6, 6.07) is 1.96. The molecule has 0 radical (unpaired) electrons. The Hall–Kier alpha value is -2.28. The second kappa shape index (κ2) is 5.66. The van der Waals surface area contributed by atoms with E-state index in [4.69, 9.17) is 9.72 Å². The third-order valence-electron chi connectivity index (χ3n) is 4.97. The zero-order valence-corrected chi connectivity index (χ0v) is 14.4.